The molecule has 0 heterocycles. The summed E-state index contributed by atoms with van der Waals surface area (Å²) < 4.78 is 5.75. The summed E-state index contributed by atoms with van der Waals surface area (Å²) in [6, 6.07) is 0. The van der Waals surface area contributed by atoms with Crippen LogP contribution < -0.4 is 5.73 Å². The molecule has 0 spiro atoms. The molecule has 18 heavy (non-hydrogen) atoms. The number of hydrogen-bond donors (Lipinski definition) is 1. The summed E-state index contributed by atoms with van der Waals surface area (Å²) in [5, 5.41) is 0. The Morgan fingerprint density at radius 3 is 2.50 bits per heavy atom. The first-order valence-corrected chi connectivity index (χ1v) is 7.47. The van der Waals surface area contributed by atoms with Gasteiger partial charge < -0.3 is 10.5 Å². The maximum Gasteiger partial charge on any atom is 0.0593 e. The molecule has 0 saturated heterocycles. The van der Waals surface area contributed by atoms with E-state index < -0.39 is 0 Å². The molecule has 0 radical (unpaired) electrons. The van der Waals surface area contributed by atoms with E-state index in [4.69, 9.17) is 10.5 Å². The van der Waals surface area contributed by atoms with Crippen molar-refractivity contribution < 1.29 is 4.74 Å². The summed E-state index contributed by atoms with van der Waals surface area (Å²) in [6.45, 7) is 8.34. The van der Waals surface area contributed by atoms with Crippen molar-refractivity contribution in [2.24, 2.45) is 17.1 Å². The summed E-state index contributed by atoms with van der Waals surface area (Å²) in [6.07, 6.45) is 6.48. The van der Waals surface area contributed by atoms with Gasteiger partial charge in [-0.05, 0) is 50.5 Å². The van der Waals surface area contributed by atoms with Gasteiger partial charge in [0.2, 0.25) is 0 Å². The monoisotopic (exact) mass is 254 g/mol. The fourth-order valence-corrected chi connectivity index (χ4v) is 3.27. The first-order valence-electron chi connectivity index (χ1n) is 7.47. The Bertz CT molecular complexity index is 276. The Balaban J connectivity index is 1.76. The van der Waals surface area contributed by atoms with Crippen molar-refractivity contribution in [3.05, 3.63) is 0 Å². The molecule has 1 unspecified atom stereocenters. The number of nitrogens with two attached hydrogens (primary N) is 1. The number of hydrogen-bond acceptors (Lipinski definition) is 3. The van der Waals surface area contributed by atoms with Crippen LogP contribution in [0.4, 0.5) is 0 Å². The van der Waals surface area contributed by atoms with Crippen molar-refractivity contribution in [1.29, 1.82) is 0 Å². The van der Waals surface area contributed by atoms with Crippen LogP contribution in [-0.2, 0) is 4.74 Å². The summed E-state index contributed by atoms with van der Waals surface area (Å²) in [5.41, 5.74) is 6.73. The SMILES string of the molecule is CN(CCOCC1CC1)C1(CN)CCC(C)(C)C1. The minimum Gasteiger partial charge on any atom is -0.380 e. The molecule has 0 aromatic carbocycles. The molecule has 2 aliphatic carbocycles. The third-order valence-corrected chi connectivity index (χ3v) is 4.89. The standard InChI is InChI=1S/C15H30N2O/c1-14(2)6-7-15(11-14,12-16)17(3)8-9-18-10-13-4-5-13/h13H,4-12,16H2,1-3H3. The van der Waals surface area contributed by atoms with Crippen LogP contribution in [0.3, 0.4) is 0 Å². The van der Waals surface area contributed by atoms with Gasteiger partial charge in [0.15, 0.2) is 0 Å². The lowest BCUT2D eigenvalue weighted by atomic mass is 9.87. The van der Waals surface area contributed by atoms with E-state index in [0.29, 0.717) is 5.41 Å². The smallest absolute Gasteiger partial charge is 0.0593 e. The Kier molecular flexibility index (Phi) is 4.35. The number of nitrogens with zero attached hydrogens (tertiary/aromatic N) is 1. The molecule has 3 nitrogen and oxygen atoms in total. The van der Waals surface area contributed by atoms with Crippen LogP contribution in [0.1, 0.15) is 46.0 Å². The van der Waals surface area contributed by atoms with Crippen LogP contribution >= 0.6 is 0 Å². The molecule has 106 valence electrons. The van der Waals surface area contributed by atoms with E-state index in [1.54, 1.807) is 0 Å². The van der Waals surface area contributed by atoms with Gasteiger partial charge in [-0.25, -0.2) is 0 Å². The molecular formula is C15H30N2O. The third kappa shape index (κ3) is 3.46. The zero-order valence-electron chi connectivity index (χ0n) is 12.4. The predicted octanol–water partition coefficient (Wildman–Crippen LogP) is 2.25. The summed E-state index contributed by atoms with van der Waals surface area (Å²) in [4.78, 5) is 2.45. The molecule has 1 atom stereocenters. The normalized spacial score (nSPS) is 31.2. The average Bonchev–Trinajstić information content (AvgIpc) is 3.08. The summed E-state index contributed by atoms with van der Waals surface area (Å²) in [5.74, 6) is 0.865. The quantitative estimate of drug-likeness (QED) is 0.708. The Morgan fingerprint density at radius 2 is 2.00 bits per heavy atom. The Morgan fingerprint density at radius 1 is 1.28 bits per heavy atom. The molecule has 0 aliphatic heterocycles. The van der Waals surface area contributed by atoms with Gasteiger partial charge >= 0.3 is 0 Å². The fraction of sp³-hybridized carbons (Fsp3) is 1.00. The third-order valence-electron chi connectivity index (χ3n) is 4.89. The van der Waals surface area contributed by atoms with Crippen LogP contribution in [-0.4, -0.2) is 43.8 Å². The van der Waals surface area contributed by atoms with E-state index in [1.807, 2.05) is 0 Å². The topological polar surface area (TPSA) is 38.5 Å². The van der Waals surface area contributed by atoms with Gasteiger partial charge in [-0.2, -0.15) is 0 Å². The van der Waals surface area contributed by atoms with Crippen molar-refractivity contribution in [3.63, 3.8) is 0 Å². The molecule has 2 saturated carbocycles. The largest absolute Gasteiger partial charge is 0.380 e. The van der Waals surface area contributed by atoms with E-state index in [0.717, 1.165) is 32.2 Å². The second kappa shape index (κ2) is 5.48. The Hall–Kier alpha value is -0.120. The van der Waals surface area contributed by atoms with Gasteiger partial charge in [0.25, 0.3) is 0 Å². The first-order chi connectivity index (χ1) is 8.47. The van der Waals surface area contributed by atoms with E-state index in [-0.39, 0.29) is 5.54 Å². The van der Waals surface area contributed by atoms with Crippen molar-refractivity contribution >= 4 is 0 Å². The van der Waals surface area contributed by atoms with E-state index in [2.05, 4.69) is 25.8 Å². The van der Waals surface area contributed by atoms with Crippen molar-refractivity contribution in [2.45, 2.75) is 51.5 Å². The van der Waals surface area contributed by atoms with Crippen molar-refractivity contribution in [1.82, 2.24) is 4.90 Å². The van der Waals surface area contributed by atoms with Crippen LogP contribution in [0.15, 0.2) is 0 Å². The highest BCUT2D eigenvalue weighted by atomic mass is 16.5. The highest BCUT2D eigenvalue weighted by Crippen LogP contribution is 2.45. The fourth-order valence-electron chi connectivity index (χ4n) is 3.27. The number of ether oxygens (including phenoxy) is 1. The highest BCUT2D eigenvalue weighted by Gasteiger charge is 2.44. The molecule has 2 aliphatic rings. The summed E-state index contributed by atoms with van der Waals surface area (Å²) >= 11 is 0. The lowest BCUT2D eigenvalue weighted by Gasteiger charge is -2.39. The van der Waals surface area contributed by atoms with Crippen LogP contribution in [0, 0.1) is 11.3 Å². The molecule has 2 rings (SSSR count). The second-order valence-corrected chi connectivity index (χ2v) is 7.21. The lowest BCUT2D eigenvalue weighted by Crippen LogP contribution is -2.51. The van der Waals surface area contributed by atoms with Crippen LogP contribution in [0.25, 0.3) is 0 Å². The van der Waals surface area contributed by atoms with Crippen LogP contribution in [0.5, 0.6) is 0 Å². The maximum atomic E-state index is 6.07. The molecule has 2 fully saturated rings. The Labute approximate surface area is 112 Å². The molecule has 0 bridgehead atoms. The average molecular weight is 254 g/mol. The molecular weight excluding hydrogens is 224 g/mol. The molecule has 0 aromatic heterocycles. The van der Waals surface area contributed by atoms with Gasteiger partial charge in [-0.3, -0.25) is 4.90 Å². The van der Waals surface area contributed by atoms with Gasteiger partial charge in [-0.1, -0.05) is 13.8 Å². The number of rotatable bonds is 7. The maximum absolute atomic E-state index is 6.07. The molecule has 3 heteroatoms. The van der Waals surface area contributed by atoms with Gasteiger partial charge in [0.05, 0.1) is 6.61 Å². The van der Waals surface area contributed by atoms with Gasteiger partial charge in [0, 0.05) is 25.2 Å². The lowest BCUT2D eigenvalue weighted by molar-refractivity contribution is 0.0568. The minimum atomic E-state index is 0.215. The predicted molar refractivity (Wildman–Crippen MR) is 75.6 cm³/mol. The second-order valence-electron chi connectivity index (χ2n) is 7.21. The van der Waals surface area contributed by atoms with E-state index in [9.17, 15) is 0 Å². The van der Waals surface area contributed by atoms with E-state index >= 15 is 0 Å². The molecule has 0 amide bonds. The highest BCUT2D eigenvalue weighted by molar-refractivity contribution is 5.01. The van der Waals surface area contributed by atoms with Crippen molar-refractivity contribution in [3.8, 4) is 0 Å². The van der Waals surface area contributed by atoms with Gasteiger partial charge in [-0.15, -0.1) is 0 Å². The molecule has 2 N–H and O–H groups in total. The van der Waals surface area contributed by atoms with Crippen molar-refractivity contribution in [2.75, 3.05) is 33.4 Å². The zero-order chi connectivity index (χ0) is 13.2. The minimum absolute atomic E-state index is 0.215. The first kappa shape index (κ1) is 14.3. The van der Waals surface area contributed by atoms with E-state index in [1.165, 1.54) is 32.1 Å². The number of likely N-dealkylation sites (N-methyl/N-ethyl adjacent to an activating group) is 1. The van der Waals surface area contributed by atoms with Crippen LogP contribution in [0.2, 0.25) is 0 Å². The summed E-state index contributed by atoms with van der Waals surface area (Å²) in [7, 11) is 2.22. The van der Waals surface area contributed by atoms with Gasteiger partial charge in [0.1, 0.15) is 0 Å². The zero-order valence-corrected chi connectivity index (χ0v) is 12.4. The molecule has 0 aromatic rings.